The topological polar surface area (TPSA) is 39.7 Å². The van der Waals surface area contributed by atoms with Crippen LogP contribution in [0.4, 0.5) is 0 Å². The van der Waals surface area contributed by atoms with Crippen LogP contribution in [0.15, 0.2) is 4.99 Å². The molecule has 1 heterocycles. The van der Waals surface area contributed by atoms with Gasteiger partial charge < -0.3 is 15.5 Å². The zero-order valence-corrected chi connectivity index (χ0v) is 15.4. The van der Waals surface area contributed by atoms with Crippen molar-refractivity contribution >= 4 is 5.96 Å². The third-order valence-electron chi connectivity index (χ3n) is 5.48. The second-order valence-corrected chi connectivity index (χ2v) is 7.34. The first-order valence-corrected chi connectivity index (χ1v) is 10.1. The van der Waals surface area contributed by atoms with E-state index in [4.69, 9.17) is 4.99 Å². The zero-order chi connectivity index (χ0) is 16.3. The number of hydrogen-bond donors (Lipinski definition) is 2. The zero-order valence-electron chi connectivity index (χ0n) is 15.4. The monoisotopic (exact) mass is 322 g/mol. The van der Waals surface area contributed by atoms with Gasteiger partial charge in [-0.15, -0.1) is 0 Å². The maximum atomic E-state index is 4.82. The Kier molecular flexibility index (Phi) is 8.80. The predicted molar refractivity (Wildman–Crippen MR) is 100 cm³/mol. The van der Waals surface area contributed by atoms with Gasteiger partial charge in [-0.1, -0.05) is 39.0 Å². The molecule has 0 amide bonds. The largest absolute Gasteiger partial charge is 0.357 e. The summed E-state index contributed by atoms with van der Waals surface area (Å²) in [6.45, 7) is 11.0. The van der Waals surface area contributed by atoms with E-state index in [-0.39, 0.29) is 0 Å². The van der Waals surface area contributed by atoms with Crippen molar-refractivity contribution in [2.24, 2.45) is 16.8 Å². The quantitative estimate of drug-likeness (QED) is 0.409. The van der Waals surface area contributed by atoms with E-state index in [1.165, 1.54) is 71.0 Å². The standard InChI is InChI=1S/C19H38N4/c1-3-20-19(22-15-18-12-14-23(4-2)16-18)21-13-8-11-17-9-6-5-7-10-17/h17-18H,3-16H2,1-2H3,(H2,20,21,22). The van der Waals surface area contributed by atoms with Crippen LogP contribution >= 0.6 is 0 Å². The van der Waals surface area contributed by atoms with Crippen molar-refractivity contribution in [2.45, 2.75) is 65.2 Å². The second kappa shape index (κ2) is 10.9. The van der Waals surface area contributed by atoms with Crippen molar-refractivity contribution in [3.63, 3.8) is 0 Å². The summed E-state index contributed by atoms with van der Waals surface area (Å²) >= 11 is 0. The molecule has 4 nitrogen and oxygen atoms in total. The van der Waals surface area contributed by atoms with Crippen LogP contribution in [0.5, 0.6) is 0 Å². The van der Waals surface area contributed by atoms with Gasteiger partial charge in [0.05, 0.1) is 0 Å². The van der Waals surface area contributed by atoms with Gasteiger partial charge in [0.15, 0.2) is 5.96 Å². The van der Waals surface area contributed by atoms with E-state index in [2.05, 4.69) is 29.4 Å². The molecule has 1 saturated heterocycles. The van der Waals surface area contributed by atoms with Gasteiger partial charge in [0.2, 0.25) is 0 Å². The first kappa shape index (κ1) is 18.6. The average molecular weight is 323 g/mol. The van der Waals surface area contributed by atoms with Gasteiger partial charge in [-0.3, -0.25) is 4.99 Å². The molecule has 2 N–H and O–H groups in total. The molecule has 0 aromatic heterocycles. The van der Waals surface area contributed by atoms with Crippen molar-refractivity contribution < 1.29 is 0 Å². The molecular formula is C19H38N4. The molecule has 2 rings (SSSR count). The van der Waals surface area contributed by atoms with Crippen molar-refractivity contribution in [1.29, 1.82) is 0 Å². The van der Waals surface area contributed by atoms with Crippen LogP contribution in [0, 0.1) is 11.8 Å². The predicted octanol–water partition coefficient (Wildman–Crippen LogP) is 3.24. The number of hydrogen-bond acceptors (Lipinski definition) is 2. The molecule has 0 aromatic carbocycles. The third kappa shape index (κ3) is 7.11. The molecule has 1 unspecified atom stereocenters. The van der Waals surface area contributed by atoms with Gasteiger partial charge in [0.25, 0.3) is 0 Å². The molecule has 1 aliphatic heterocycles. The molecule has 0 radical (unpaired) electrons. The lowest BCUT2D eigenvalue weighted by atomic mass is 9.86. The van der Waals surface area contributed by atoms with Crippen LogP contribution < -0.4 is 10.6 Å². The van der Waals surface area contributed by atoms with E-state index in [9.17, 15) is 0 Å². The maximum Gasteiger partial charge on any atom is 0.191 e. The average Bonchev–Trinajstić information content (AvgIpc) is 3.05. The summed E-state index contributed by atoms with van der Waals surface area (Å²) in [5.41, 5.74) is 0. The molecule has 0 bridgehead atoms. The van der Waals surface area contributed by atoms with Crippen LogP contribution in [-0.4, -0.2) is 50.1 Å². The summed E-state index contributed by atoms with van der Waals surface area (Å²) in [7, 11) is 0. The lowest BCUT2D eigenvalue weighted by molar-refractivity contribution is 0.332. The van der Waals surface area contributed by atoms with Crippen LogP contribution in [0.1, 0.15) is 65.2 Å². The van der Waals surface area contributed by atoms with Crippen LogP contribution in [0.3, 0.4) is 0 Å². The van der Waals surface area contributed by atoms with E-state index >= 15 is 0 Å². The summed E-state index contributed by atoms with van der Waals surface area (Å²) in [4.78, 5) is 7.35. The van der Waals surface area contributed by atoms with E-state index in [0.717, 1.165) is 37.4 Å². The van der Waals surface area contributed by atoms with E-state index < -0.39 is 0 Å². The highest BCUT2D eigenvalue weighted by atomic mass is 15.2. The van der Waals surface area contributed by atoms with Crippen LogP contribution in [0.25, 0.3) is 0 Å². The number of nitrogens with zero attached hydrogens (tertiary/aromatic N) is 2. The highest BCUT2D eigenvalue weighted by Gasteiger charge is 2.20. The summed E-state index contributed by atoms with van der Waals surface area (Å²) in [5, 5.41) is 6.93. The van der Waals surface area contributed by atoms with E-state index in [1.54, 1.807) is 0 Å². The lowest BCUT2D eigenvalue weighted by Crippen LogP contribution is -2.38. The summed E-state index contributed by atoms with van der Waals surface area (Å²) in [6, 6.07) is 0. The van der Waals surface area contributed by atoms with Crippen molar-refractivity contribution in [2.75, 3.05) is 39.3 Å². The van der Waals surface area contributed by atoms with E-state index in [1.807, 2.05) is 0 Å². The van der Waals surface area contributed by atoms with Gasteiger partial charge in [0, 0.05) is 26.2 Å². The normalized spacial score (nSPS) is 24.1. The Morgan fingerprint density at radius 1 is 1.04 bits per heavy atom. The third-order valence-corrected chi connectivity index (χ3v) is 5.48. The SMILES string of the molecule is CCNC(=NCC1CCN(CC)C1)NCCCC1CCCCC1. The Morgan fingerprint density at radius 2 is 1.87 bits per heavy atom. The molecule has 0 aromatic rings. The van der Waals surface area contributed by atoms with Gasteiger partial charge >= 0.3 is 0 Å². The molecule has 2 aliphatic rings. The van der Waals surface area contributed by atoms with Crippen molar-refractivity contribution in [3.8, 4) is 0 Å². The highest BCUT2D eigenvalue weighted by Crippen LogP contribution is 2.26. The number of likely N-dealkylation sites (tertiary alicyclic amines) is 1. The molecule has 23 heavy (non-hydrogen) atoms. The molecular weight excluding hydrogens is 284 g/mol. The van der Waals surface area contributed by atoms with E-state index in [0.29, 0.717) is 0 Å². The van der Waals surface area contributed by atoms with Gasteiger partial charge in [-0.25, -0.2) is 0 Å². The first-order chi connectivity index (χ1) is 11.3. The fourth-order valence-electron chi connectivity index (χ4n) is 3.98. The molecule has 134 valence electrons. The molecule has 2 fully saturated rings. The molecule has 0 spiro atoms. The Balaban J connectivity index is 1.63. The summed E-state index contributed by atoms with van der Waals surface area (Å²) in [6.07, 6.45) is 11.3. The number of aliphatic imine (C=N–C) groups is 1. The summed E-state index contributed by atoms with van der Waals surface area (Å²) in [5.74, 6) is 2.75. The molecule has 1 atom stereocenters. The number of rotatable bonds is 8. The maximum absolute atomic E-state index is 4.82. The highest BCUT2D eigenvalue weighted by molar-refractivity contribution is 5.79. The molecule has 4 heteroatoms. The summed E-state index contributed by atoms with van der Waals surface area (Å²) < 4.78 is 0. The fraction of sp³-hybridized carbons (Fsp3) is 0.947. The first-order valence-electron chi connectivity index (χ1n) is 10.1. The minimum Gasteiger partial charge on any atom is -0.357 e. The van der Waals surface area contributed by atoms with Gasteiger partial charge in [-0.2, -0.15) is 0 Å². The molecule has 1 saturated carbocycles. The Labute approximate surface area is 143 Å². The van der Waals surface area contributed by atoms with Crippen LogP contribution in [-0.2, 0) is 0 Å². The molecule has 1 aliphatic carbocycles. The Morgan fingerprint density at radius 3 is 2.57 bits per heavy atom. The number of nitrogens with one attached hydrogen (secondary N) is 2. The van der Waals surface area contributed by atoms with Crippen LogP contribution in [0.2, 0.25) is 0 Å². The van der Waals surface area contributed by atoms with Crippen molar-refractivity contribution in [1.82, 2.24) is 15.5 Å². The Bertz CT molecular complexity index is 336. The smallest absolute Gasteiger partial charge is 0.191 e. The lowest BCUT2D eigenvalue weighted by Gasteiger charge is -2.21. The minimum atomic E-state index is 0.743. The second-order valence-electron chi connectivity index (χ2n) is 7.34. The minimum absolute atomic E-state index is 0.743. The fourth-order valence-corrected chi connectivity index (χ4v) is 3.98. The van der Waals surface area contributed by atoms with Gasteiger partial charge in [-0.05, 0) is 51.1 Å². The van der Waals surface area contributed by atoms with Gasteiger partial charge in [0.1, 0.15) is 0 Å². The number of guanidine groups is 1. The van der Waals surface area contributed by atoms with Crippen molar-refractivity contribution in [3.05, 3.63) is 0 Å². The Hall–Kier alpha value is -0.770.